The fraction of sp³-hybridized carbons (Fsp3) is 0.267. The van der Waals surface area contributed by atoms with Crippen LogP contribution in [0.2, 0.25) is 0 Å². The Morgan fingerprint density at radius 3 is 2.63 bits per heavy atom. The molecule has 1 heterocycles. The molecule has 1 aromatic carbocycles. The van der Waals surface area contributed by atoms with Gasteiger partial charge in [0.1, 0.15) is 5.75 Å². The molecule has 0 fully saturated rings. The number of hydrogen-bond acceptors (Lipinski definition) is 4. The summed E-state index contributed by atoms with van der Waals surface area (Å²) in [5, 5.41) is 0. The third kappa shape index (κ3) is 3.30. The first-order valence-electron chi connectivity index (χ1n) is 6.24. The highest BCUT2D eigenvalue weighted by Gasteiger charge is 2.12. The first kappa shape index (κ1) is 13.5. The zero-order valence-corrected chi connectivity index (χ0v) is 11.3. The molecule has 0 radical (unpaired) electrons. The van der Waals surface area contributed by atoms with Crippen LogP contribution >= 0.6 is 0 Å². The molecule has 1 atom stereocenters. The van der Waals surface area contributed by atoms with Crippen molar-refractivity contribution in [1.29, 1.82) is 0 Å². The number of hydrazine groups is 1. The molecule has 0 saturated heterocycles. The summed E-state index contributed by atoms with van der Waals surface area (Å²) >= 11 is 0. The van der Waals surface area contributed by atoms with Crippen molar-refractivity contribution in [3.05, 3.63) is 59.4 Å². The third-order valence-corrected chi connectivity index (χ3v) is 3.22. The number of pyridine rings is 1. The Morgan fingerprint density at radius 1 is 1.26 bits per heavy atom. The number of nitrogens with zero attached hydrogens (tertiary/aromatic N) is 1. The average Bonchev–Trinajstić information content (AvgIpc) is 2.46. The van der Waals surface area contributed by atoms with Crippen molar-refractivity contribution in [2.75, 3.05) is 7.11 Å². The molecule has 3 N–H and O–H groups in total. The maximum atomic E-state index is 5.68. The largest absolute Gasteiger partial charge is 0.496 e. The van der Waals surface area contributed by atoms with Gasteiger partial charge in [0.25, 0.3) is 0 Å². The zero-order valence-electron chi connectivity index (χ0n) is 11.3. The highest BCUT2D eigenvalue weighted by molar-refractivity contribution is 5.38. The molecule has 4 heteroatoms. The zero-order chi connectivity index (χ0) is 13.7. The van der Waals surface area contributed by atoms with Crippen molar-refractivity contribution in [3.8, 4) is 5.75 Å². The second-order valence-electron chi connectivity index (χ2n) is 4.51. The van der Waals surface area contributed by atoms with Crippen LogP contribution in [-0.2, 0) is 6.42 Å². The lowest BCUT2D eigenvalue weighted by Gasteiger charge is -2.18. The molecule has 0 spiro atoms. The molecule has 4 nitrogen and oxygen atoms in total. The Bertz CT molecular complexity index is 528. The Balaban J connectivity index is 2.22. The van der Waals surface area contributed by atoms with Crippen LogP contribution in [0.25, 0.3) is 0 Å². The predicted molar refractivity (Wildman–Crippen MR) is 75.7 cm³/mol. The van der Waals surface area contributed by atoms with Crippen molar-refractivity contribution < 1.29 is 4.74 Å². The lowest BCUT2D eigenvalue weighted by Crippen LogP contribution is -2.29. The quantitative estimate of drug-likeness (QED) is 0.636. The van der Waals surface area contributed by atoms with Crippen LogP contribution < -0.4 is 16.0 Å². The minimum absolute atomic E-state index is 0.0527. The first-order chi connectivity index (χ1) is 9.24. The summed E-state index contributed by atoms with van der Waals surface area (Å²) in [6.45, 7) is 2.02. The van der Waals surface area contributed by atoms with Gasteiger partial charge in [-0.3, -0.25) is 16.3 Å². The summed E-state index contributed by atoms with van der Waals surface area (Å²) in [4.78, 5) is 4.02. The van der Waals surface area contributed by atoms with E-state index in [9.17, 15) is 0 Å². The van der Waals surface area contributed by atoms with Gasteiger partial charge in [-0.15, -0.1) is 0 Å². The van der Waals surface area contributed by atoms with Gasteiger partial charge in [-0.1, -0.05) is 12.1 Å². The van der Waals surface area contributed by atoms with Crippen LogP contribution in [-0.4, -0.2) is 12.1 Å². The van der Waals surface area contributed by atoms with Crippen molar-refractivity contribution in [3.63, 3.8) is 0 Å². The van der Waals surface area contributed by atoms with Crippen LogP contribution in [0.15, 0.2) is 42.7 Å². The number of benzene rings is 1. The van der Waals surface area contributed by atoms with E-state index in [-0.39, 0.29) is 6.04 Å². The van der Waals surface area contributed by atoms with Crippen LogP contribution in [0.4, 0.5) is 0 Å². The van der Waals surface area contributed by atoms with Gasteiger partial charge in [-0.2, -0.15) is 0 Å². The van der Waals surface area contributed by atoms with E-state index >= 15 is 0 Å². The summed E-state index contributed by atoms with van der Waals surface area (Å²) in [7, 11) is 1.68. The predicted octanol–water partition coefficient (Wildman–Crippen LogP) is 2.15. The van der Waals surface area contributed by atoms with E-state index in [1.807, 2.05) is 31.2 Å². The smallest absolute Gasteiger partial charge is 0.122 e. The number of aromatic nitrogens is 1. The highest BCUT2D eigenvalue weighted by Crippen LogP contribution is 2.24. The molecule has 100 valence electrons. The molecule has 0 saturated carbocycles. The maximum absolute atomic E-state index is 5.68. The normalized spacial score (nSPS) is 12.2. The lowest BCUT2D eigenvalue weighted by atomic mass is 9.98. The van der Waals surface area contributed by atoms with E-state index in [0.717, 1.165) is 23.3 Å². The second kappa shape index (κ2) is 6.31. The van der Waals surface area contributed by atoms with E-state index in [4.69, 9.17) is 10.6 Å². The molecule has 0 aliphatic carbocycles. The van der Waals surface area contributed by atoms with Crippen molar-refractivity contribution >= 4 is 0 Å². The van der Waals surface area contributed by atoms with Gasteiger partial charge in [0.05, 0.1) is 13.2 Å². The van der Waals surface area contributed by atoms with Crippen molar-refractivity contribution in [1.82, 2.24) is 10.4 Å². The summed E-state index contributed by atoms with van der Waals surface area (Å²) < 4.78 is 5.35. The topological polar surface area (TPSA) is 60.2 Å². The minimum Gasteiger partial charge on any atom is -0.496 e. The molecule has 0 aliphatic rings. The van der Waals surface area contributed by atoms with Gasteiger partial charge in [0.2, 0.25) is 0 Å². The number of aryl methyl sites for hydroxylation is 1. The molecular weight excluding hydrogens is 238 g/mol. The fourth-order valence-corrected chi connectivity index (χ4v) is 2.08. The van der Waals surface area contributed by atoms with Gasteiger partial charge in [-0.05, 0) is 48.2 Å². The number of methoxy groups -OCH3 is 1. The Hall–Kier alpha value is -1.91. The standard InChI is InChI=1S/C15H19N3O/c1-11-3-4-13(10-15(11)19-2)14(18-16)9-12-5-7-17-8-6-12/h3-8,10,14,18H,9,16H2,1-2H3. The fourth-order valence-electron chi connectivity index (χ4n) is 2.08. The van der Waals surface area contributed by atoms with Gasteiger partial charge < -0.3 is 4.74 Å². The number of nitrogens with one attached hydrogen (secondary N) is 1. The molecule has 2 rings (SSSR count). The Labute approximate surface area is 113 Å². The molecular formula is C15H19N3O. The number of hydrogen-bond donors (Lipinski definition) is 2. The Morgan fingerprint density at radius 2 is 2.00 bits per heavy atom. The Kier molecular flexibility index (Phi) is 4.49. The molecule has 2 aromatic rings. The lowest BCUT2D eigenvalue weighted by molar-refractivity contribution is 0.410. The van der Waals surface area contributed by atoms with Gasteiger partial charge in [0.15, 0.2) is 0 Å². The van der Waals surface area contributed by atoms with Crippen molar-refractivity contribution in [2.45, 2.75) is 19.4 Å². The second-order valence-corrected chi connectivity index (χ2v) is 4.51. The van der Waals surface area contributed by atoms with E-state index < -0.39 is 0 Å². The minimum atomic E-state index is 0.0527. The molecule has 1 aromatic heterocycles. The van der Waals surface area contributed by atoms with Gasteiger partial charge in [-0.25, -0.2) is 0 Å². The first-order valence-corrected chi connectivity index (χ1v) is 6.24. The molecule has 0 bridgehead atoms. The summed E-state index contributed by atoms with van der Waals surface area (Å²) in [5.74, 6) is 6.56. The van der Waals surface area contributed by atoms with Crippen LogP contribution in [0.5, 0.6) is 5.75 Å². The molecule has 0 aliphatic heterocycles. The van der Waals surface area contributed by atoms with Crippen LogP contribution in [0.1, 0.15) is 22.7 Å². The SMILES string of the molecule is COc1cc(C(Cc2ccncc2)NN)ccc1C. The number of rotatable bonds is 5. The highest BCUT2D eigenvalue weighted by atomic mass is 16.5. The summed E-state index contributed by atoms with van der Waals surface area (Å²) in [6.07, 6.45) is 4.39. The molecule has 19 heavy (non-hydrogen) atoms. The van der Waals surface area contributed by atoms with E-state index in [2.05, 4.69) is 16.5 Å². The third-order valence-electron chi connectivity index (χ3n) is 3.22. The monoisotopic (exact) mass is 257 g/mol. The summed E-state index contributed by atoms with van der Waals surface area (Å²) in [5.41, 5.74) is 6.28. The van der Waals surface area contributed by atoms with Gasteiger partial charge in [0, 0.05) is 12.4 Å². The molecule has 0 amide bonds. The van der Waals surface area contributed by atoms with E-state index in [1.165, 1.54) is 5.56 Å². The van der Waals surface area contributed by atoms with E-state index in [0.29, 0.717) is 0 Å². The van der Waals surface area contributed by atoms with Gasteiger partial charge >= 0.3 is 0 Å². The average molecular weight is 257 g/mol. The number of nitrogens with two attached hydrogens (primary N) is 1. The van der Waals surface area contributed by atoms with Crippen LogP contribution in [0.3, 0.4) is 0 Å². The van der Waals surface area contributed by atoms with Crippen LogP contribution in [0, 0.1) is 6.92 Å². The summed E-state index contributed by atoms with van der Waals surface area (Å²) in [6, 6.07) is 10.2. The van der Waals surface area contributed by atoms with Crippen molar-refractivity contribution in [2.24, 2.45) is 5.84 Å². The molecule has 1 unspecified atom stereocenters. The maximum Gasteiger partial charge on any atom is 0.122 e. The number of ether oxygens (including phenoxy) is 1. The van der Waals surface area contributed by atoms with E-state index in [1.54, 1.807) is 19.5 Å².